The number of anilines is 1. The van der Waals surface area contributed by atoms with Crippen molar-refractivity contribution < 1.29 is 18.0 Å². The number of rotatable bonds is 6. The van der Waals surface area contributed by atoms with Gasteiger partial charge in [-0.25, -0.2) is 12.7 Å². The van der Waals surface area contributed by atoms with E-state index in [4.69, 9.17) is 0 Å². The van der Waals surface area contributed by atoms with Crippen LogP contribution >= 0.6 is 0 Å². The maximum Gasteiger partial charge on any atom is 0.268 e. The fraction of sp³-hybridized carbons (Fsp3) is 0.304. The summed E-state index contributed by atoms with van der Waals surface area (Å²) >= 11 is 0. The molecule has 0 unspecified atom stereocenters. The zero-order valence-corrected chi connectivity index (χ0v) is 18.4. The van der Waals surface area contributed by atoms with E-state index in [0.29, 0.717) is 21.5 Å². The van der Waals surface area contributed by atoms with Crippen LogP contribution in [0, 0.1) is 0 Å². The van der Waals surface area contributed by atoms with Crippen molar-refractivity contribution in [3.63, 3.8) is 0 Å². The van der Waals surface area contributed by atoms with E-state index in [1.54, 1.807) is 24.3 Å². The topological polar surface area (TPSA) is 83.6 Å². The van der Waals surface area contributed by atoms with E-state index in [2.05, 4.69) is 19.2 Å². The first-order valence-corrected chi connectivity index (χ1v) is 11.4. The summed E-state index contributed by atoms with van der Waals surface area (Å²) in [6.07, 6.45) is 0.828. The minimum Gasteiger partial charge on any atom is -0.325 e. The van der Waals surface area contributed by atoms with Crippen LogP contribution in [-0.4, -0.2) is 31.1 Å². The molecule has 2 amide bonds. The molecular formula is C23H26N2O4S. The van der Waals surface area contributed by atoms with Crippen LogP contribution in [0.2, 0.25) is 0 Å². The first-order valence-electron chi connectivity index (χ1n) is 9.92. The Labute approximate surface area is 177 Å². The van der Waals surface area contributed by atoms with Gasteiger partial charge in [0.2, 0.25) is 5.91 Å². The predicted molar refractivity (Wildman–Crippen MR) is 118 cm³/mol. The van der Waals surface area contributed by atoms with Gasteiger partial charge < -0.3 is 5.32 Å². The third kappa shape index (κ3) is 4.16. The lowest BCUT2D eigenvalue weighted by Gasteiger charge is -2.17. The van der Waals surface area contributed by atoms with Crippen molar-refractivity contribution in [2.75, 3.05) is 11.9 Å². The molecule has 0 radical (unpaired) electrons. The van der Waals surface area contributed by atoms with Crippen LogP contribution in [0.25, 0.3) is 4.91 Å². The molecule has 7 heteroatoms. The fourth-order valence-electron chi connectivity index (χ4n) is 3.39. The number of carbonyl (C=O) groups is 2. The molecular weight excluding hydrogens is 400 g/mol. The lowest BCUT2D eigenvalue weighted by molar-refractivity contribution is -0.126. The second kappa shape index (κ2) is 8.44. The molecule has 6 nitrogen and oxygen atoms in total. The van der Waals surface area contributed by atoms with Crippen LogP contribution in [0.3, 0.4) is 0 Å². The number of hydrogen-bond donors (Lipinski definition) is 1. The van der Waals surface area contributed by atoms with Gasteiger partial charge in [-0.05, 0) is 48.1 Å². The summed E-state index contributed by atoms with van der Waals surface area (Å²) in [5, 5.41) is 2.66. The van der Waals surface area contributed by atoms with E-state index in [0.717, 1.165) is 17.5 Å². The van der Waals surface area contributed by atoms with E-state index in [1.165, 1.54) is 6.92 Å². The highest BCUT2D eigenvalue weighted by Crippen LogP contribution is 2.35. The number of aryl methyl sites for hydroxylation is 1. The van der Waals surface area contributed by atoms with Crippen molar-refractivity contribution in [2.45, 2.75) is 40.0 Å². The van der Waals surface area contributed by atoms with Crippen LogP contribution in [0.4, 0.5) is 5.69 Å². The van der Waals surface area contributed by atoms with Crippen molar-refractivity contribution in [1.29, 1.82) is 0 Å². The Morgan fingerprint density at radius 2 is 1.63 bits per heavy atom. The molecule has 1 heterocycles. The van der Waals surface area contributed by atoms with Crippen LogP contribution in [-0.2, 0) is 26.0 Å². The van der Waals surface area contributed by atoms with Crippen molar-refractivity contribution in [2.24, 2.45) is 0 Å². The van der Waals surface area contributed by atoms with Crippen molar-refractivity contribution in [1.82, 2.24) is 4.31 Å². The van der Waals surface area contributed by atoms with Gasteiger partial charge in [0.25, 0.3) is 15.9 Å². The Morgan fingerprint density at radius 1 is 1.03 bits per heavy atom. The van der Waals surface area contributed by atoms with Crippen LogP contribution in [0.5, 0.6) is 0 Å². The average Bonchev–Trinajstić information content (AvgIpc) is 2.87. The molecule has 0 bridgehead atoms. The molecule has 0 spiro atoms. The quantitative estimate of drug-likeness (QED) is 0.759. The Hall–Kier alpha value is -2.93. The number of nitrogens with one attached hydrogen (secondary N) is 1. The lowest BCUT2D eigenvalue weighted by atomic mass is 10.0. The molecule has 1 aliphatic rings. The number of carbonyl (C=O) groups excluding carboxylic acids is 2. The van der Waals surface area contributed by atoms with Gasteiger partial charge in [-0.15, -0.1) is 0 Å². The molecule has 3 rings (SSSR count). The minimum atomic E-state index is -4.10. The molecule has 0 saturated heterocycles. The molecule has 158 valence electrons. The number of sulfonamides is 1. The first kappa shape index (κ1) is 21.8. The first-order chi connectivity index (χ1) is 14.1. The number of hydrogen-bond acceptors (Lipinski definition) is 4. The van der Waals surface area contributed by atoms with Gasteiger partial charge in [0, 0.05) is 11.3 Å². The normalized spacial score (nSPS) is 15.8. The van der Waals surface area contributed by atoms with Crippen LogP contribution < -0.4 is 5.32 Å². The SMILES string of the molecule is CCc1ccc(C2=C(C)C(=O)N(CC(=O)Nc3ccc(C(C)C)cc3)S2(=O)=O)cc1. The molecule has 0 atom stereocenters. The van der Waals surface area contributed by atoms with E-state index in [1.807, 2.05) is 31.2 Å². The van der Waals surface area contributed by atoms with Gasteiger partial charge in [-0.1, -0.05) is 57.2 Å². The Morgan fingerprint density at radius 3 is 2.17 bits per heavy atom. The summed E-state index contributed by atoms with van der Waals surface area (Å²) in [6.45, 7) is 7.05. The van der Waals surface area contributed by atoms with Gasteiger partial charge in [0.05, 0.1) is 0 Å². The smallest absolute Gasteiger partial charge is 0.268 e. The maximum atomic E-state index is 13.0. The Bertz CT molecular complexity index is 1100. The van der Waals surface area contributed by atoms with Crippen molar-refractivity contribution in [3.8, 4) is 0 Å². The van der Waals surface area contributed by atoms with Gasteiger partial charge in [0.15, 0.2) is 0 Å². The summed E-state index contributed by atoms with van der Waals surface area (Å²) in [5.74, 6) is -0.879. The summed E-state index contributed by atoms with van der Waals surface area (Å²) in [4.78, 5) is 25.1. The predicted octanol–water partition coefficient (Wildman–Crippen LogP) is 3.91. The summed E-state index contributed by atoms with van der Waals surface area (Å²) in [7, 11) is -4.10. The third-order valence-corrected chi connectivity index (χ3v) is 7.14. The molecule has 1 N–H and O–H groups in total. The van der Waals surface area contributed by atoms with Crippen LogP contribution in [0.15, 0.2) is 54.1 Å². The van der Waals surface area contributed by atoms with Crippen molar-refractivity contribution >= 4 is 32.4 Å². The summed E-state index contributed by atoms with van der Waals surface area (Å²) < 4.78 is 26.7. The van der Waals surface area contributed by atoms with E-state index in [9.17, 15) is 18.0 Å². The molecule has 30 heavy (non-hydrogen) atoms. The van der Waals surface area contributed by atoms with Gasteiger partial charge >= 0.3 is 0 Å². The number of nitrogens with zero attached hydrogens (tertiary/aromatic N) is 1. The Balaban J connectivity index is 1.78. The molecule has 2 aromatic rings. The third-order valence-electron chi connectivity index (χ3n) is 5.21. The minimum absolute atomic E-state index is 0.0377. The molecule has 0 aliphatic carbocycles. The van der Waals surface area contributed by atoms with E-state index >= 15 is 0 Å². The number of amides is 2. The average molecular weight is 427 g/mol. The van der Waals surface area contributed by atoms with Gasteiger partial charge in [-0.3, -0.25) is 9.59 Å². The van der Waals surface area contributed by atoms with Gasteiger partial charge in [0.1, 0.15) is 11.4 Å². The molecule has 0 aromatic heterocycles. The highest BCUT2D eigenvalue weighted by atomic mass is 32.2. The molecule has 1 aliphatic heterocycles. The zero-order chi connectivity index (χ0) is 22.1. The lowest BCUT2D eigenvalue weighted by Crippen LogP contribution is -2.38. The largest absolute Gasteiger partial charge is 0.325 e. The molecule has 2 aromatic carbocycles. The molecule has 0 fully saturated rings. The monoisotopic (exact) mass is 426 g/mol. The second-order valence-electron chi connectivity index (χ2n) is 7.65. The summed E-state index contributed by atoms with van der Waals surface area (Å²) in [6, 6.07) is 14.4. The van der Waals surface area contributed by atoms with E-state index in [-0.39, 0.29) is 10.5 Å². The maximum absolute atomic E-state index is 13.0. The van der Waals surface area contributed by atoms with E-state index < -0.39 is 28.4 Å². The number of benzene rings is 2. The van der Waals surface area contributed by atoms with Gasteiger partial charge in [-0.2, -0.15) is 0 Å². The fourth-order valence-corrected chi connectivity index (χ4v) is 5.16. The Kier molecular flexibility index (Phi) is 6.12. The zero-order valence-electron chi connectivity index (χ0n) is 17.6. The molecule has 0 saturated carbocycles. The van der Waals surface area contributed by atoms with Crippen molar-refractivity contribution in [3.05, 3.63) is 70.8 Å². The summed E-state index contributed by atoms with van der Waals surface area (Å²) in [5.41, 5.74) is 3.31. The highest BCUT2D eigenvalue weighted by molar-refractivity contribution is 7.99. The standard InChI is InChI=1S/C23H26N2O4S/c1-5-17-6-8-19(9-7-17)22-16(4)23(27)25(30(22,28)29)14-21(26)24-20-12-10-18(11-13-20)15(2)3/h6-13,15H,5,14H2,1-4H3,(H,24,26). The highest BCUT2D eigenvalue weighted by Gasteiger charge is 2.43. The second-order valence-corrected chi connectivity index (χ2v) is 9.45. The van der Waals surface area contributed by atoms with Crippen LogP contribution in [0.1, 0.15) is 50.3 Å².